The molecule has 2 aliphatic heterocycles. The monoisotopic (exact) mass is 344 g/mol. The standard InChI is InChI=1S/C19H24N2O4/c1-14(22)15-4-6-17(7-5-15)25-18(23)16-8-12-21(13-9-16)19(24)20-10-2-3-11-20/h4-7,16H,2-3,8-13H2,1H3. The molecule has 2 fully saturated rings. The largest absolute Gasteiger partial charge is 0.426 e. The molecule has 0 atom stereocenters. The molecule has 0 aromatic heterocycles. The van der Waals surface area contributed by atoms with Crippen LogP contribution in [-0.4, -0.2) is 53.8 Å². The first-order chi connectivity index (χ1) is 12.0. The van der Waals surface area contributed by atoms with Crippen molar-refractivity contribution in [2.45, 2.75) is 32.6 Å². The Morgan fingerprint density at radius 2 is 1.48 bits per heavy atom. The number of carbonyl (C=O) groups is 3. The fourth-order valence-electron chi connectivity index (χ4n) is 3.37. The summed E-state index contributed by atoms with van der Waals surface area (Å²) in [5.74, 6) is -0.0163. The SMILES string of the molecule is CC(=O)c1ccc(OC(=O)C2CCN(C(=O)N3CCCC3)CC2)cc1. The molecular weight excluding hydrogens is 320 g/mol. The van der Waals surface area contributed by atoms with Gasteiger partial charge in [-0.25, -0.2) is 4.79 Å². The fourth-order valence-corrected chi connectivity index (χ4v) is 3.37. The third-order valence-electron chi connectivity index (χ3n) is 4.95. The molecule has 0 unspecified atom stereocenters. The molecule has 0 spiro atoms. The Morgan fingerprint density at radius 3 is 2.04 bits per heavy atom. The van der Waals surface area contributed by atoms with E-state index in [9.17, 15) is 14.4 Å². The number of piperidine rings is 1. The number of Topliss-reactive ketones (excluding diaryl/α,β-unsaturated/α-hetero) is 1. The normalized spacial score (nSPS) is 18.3. The zero-order valence-corrected chi connectivity index (χ0v) is 14.6. The maximum atomic E-state index is 12.4. The van der Waals surface area contributed by atoms with Crippen molar-refractivity contribution in [3.8, 4) is 5.75 Å². The molecule has 0 saturated carbocycles. The Bertz CT molecular complexity index is 642. The van der Waals surface area contributed by atoms with E-state index in [-0.39, 0.29) is 23.7 Å². The van der Waals surface area contributed by atoms with Crippen molar-refractivity contribution in [3.05, 3.63) is 29.8 Å². The molecule has 25 heavy (non-hydrogen) atoms. The minimum absolute atomic E-state index is 0.0204. The number of hydrogen-bond donors (Lipinski definition) is 0. The first kappa shape index (κ1) is 17.5. The summed E-state index contributed by atoms with van der Waals surface area (Å²) in [6, 6.07) is 6.69. The Balaban J connectivity index is 1.49. The van der Waals surface area contributed by atoms with Gasteiger partial charge in [0.05, 0.1) is 5.92 Å². The highest BCUT2D eigenvalue weighted by molar-refractivity contribution is 5.94. The number of ether oxygens (including phenoxy) is 1. The molecular formula is C19H24N2O4. The molecule has 0 bridgehead atoms. The van der Waals surface area contributed by atoms with Crippen molar-refractivity contribution >= 4 is 17.8 Å². The van der Waals surface area contributed by atoms with Gasteiger partial charge in [-0.2, -0.15) is 0 Å². The van der Waals surface area contributed by atoms with Crippen LogP contribution in [0, 0.1) is 5.92 Å². The lowest BCUT2D eigenvalue weighted by atomic mass is 9.97. The van der Waals surface area contributed by atoms with E-state index < -0.39 is 0 Å². The van der Waals surface area contributed by atoms with Crippen LogP contribution in [0.1, 0.15) is 43.0 Å². The number of ketones is 1. The lowest BCUT2D eigenvalue weighted by molar-refractivity contribution is -0.140. The Kier molecular flexibility index (Phi) is 5.36. The summed E-state index contributed by atoms with van der Waals surface area (Å²) in [7, 11) is 0. The van der Waals surface area contributed by atoms with Crippen LogP contribution in [0.15, 0.2) is 24.3 Å². The summed E-state index contributed by atoms with van der Waals surface area (Å²) in [6.45, 7) is 4.38. The Labute approximate surface area is 147 Å². The van der Waals surface area contributed by atoms with E-state index in [0.29, 0.717) is 37.2 Å². The highest BCUT2D eigenvalue weighted by Crippen LogP contribution is 2.22. The van der Waals surface area contributed by atoms with E-state index in [0.717, 1.165) is 25.9 Å². The first-order valence-electron chi connectivity index (χ1n) is 8.91. The van der Waals surface area contributed by atoms with E-state index >= 15 is 0 Å². The first-order valence-corrected chi connectivity index (χ1v) is 8.91. The predicted molar refractivity (Wildman–Crippen MR) is 92.6 cm³/mol. The van der Waals surface area contributed by atoms with Crippen molar-refractivity contribution < 1.29 is 19.1 Å². The van der Waals surface area contributed by atoms with Gasteiger partial charge in [-0.1, -0.05) is 0 Å². The van der Waals surface area contributed by atoms with Crippen LogP contribution in [0.3, 0.4) is 0 Å². The van der Waals surface area contributed by atoms with Crippen LogP contribution in [-0.2, 0) is 4.79 Å². The second-order valence-corrected chi connectivity index (χ2v) is 6.74. The van der Waals surface area contributed by atoms with E-state index in [4.69, 9.17) is 4.74 Å². The molecule has 1 aromatic rings. The van der Waals surface area contributed by atoms with Crippen LogP contribution in [0.2, 0.25) is 0 Å². The minimum atomic E-state index is -0.260. The number of benzene rings is 1. The van der Waals surface area contributed by atoms with Gasteiger partial charge in [0.25, 0.3) is 0 Å². The predicted octanol–water partition coefficient (Wildman–Crippen LogP) is 2.72. The zero-order valence-electron chi connectivity index (χ0n) is 14.6. The number of rotatable bonds is 3. The number of esters is 1. The summed E-state index contributed by atoms with van der Waals surface area (Å²) >= 11 is 0. The van der Waals surface area contributed by atoms with E-state index in [1.54, 1.807) is 24.3 Å². The molecule has 0 aliphatic carbocycles. The fraction of sp³-hybridized carbons (Fsp3) is 0.526. The molecule has 2 amide bonds. The number of urea groups is 1. The topological polar surface area (TPSA) is 66.9 Å². The third kappa shape index (κ3) is 4.18. The minimum Gasteiger partial charge on any atom is -0.426 e. The van der Waals surface area contributed by atoms with Crippen LogP contribution in [0.4, 0.5) is 4.79 Å². The summed E-state index contributed by atoms with van der Waals surface area (Å²) < 4.78 is 5.42. The quantitative estimate of drug-likeness (QED) is 0.480. The van der Waals surface area contributed by atoms with E-state index in [2.05, 4.69) is 0 Å². The summed E-state index contributed by atoms with van der Waals surface area (Å²) in [5, 5.41) is 0. The number of nitrogens with zero attached hydrogens (tertiary/aromatic N) is 2. The second-order valence-electron chi connectivity index (χ2n) is 6.74. The molecule has 6 nitrogen and oxygen atoms in total. The third-order valence-corrected chi connectivity index (χ3v) is 4.95. The van der Waals surface area contributed by atoms with Crippen LogP contribution < -0.4 is 4.74 Å². The molecule has 2 saturated heterocycles. The molecule has 0 radical (unpaired) electrons. The lowest BCUT2D eigenvalue weighted by Gasteiger charge is -2.33. The van der Waals surface area contributed by atoms with Crippen molar-refractivity contribution in [3.63, 3.8) is 0 Å². The average Bonchev–Trinajstić information content (AvgIpc) is 3.16. The van der Waals surface area contributed by atoms with Gasteiger partial charge in [0, 0.05) is 31.7 Å². The Hall–Kier alpha value is -2.37. The highest BCUT2D eigenvalue weighted by atomic mass is 16.5. The lowest BCUT2D eigenvalue weighted by Crippen LogP contribution is -2.46. The van der Waals surface area contributed by atoms with Gasteiger partial charge in [-0.15, -0.1) is 0 Å². The van der Waals surface area contributed by atoms with Gasteiger partial charge >= 0.3 is 12.0 Å². The van der Waals surface area contributed by atoms with Crippen molar-refractivity contribution in [2.75, 3.05) is 26.2 Å². The number of carbonyl (C=O) groups excluding carboxylic acids is 3. The second kappa shape index (κ2) is 7.68. The summed E-state index contributed by atoms with van der Waals surface area (Å²) in [4.78, 5) is 39.7. The molecule has 2 heterocycles. The van der Waals surface area contributed by atoms with E-state index in [1.165, 1.54) is 6.92 Å². The van der Waals surface area contributed by atoms with Gasteiger partial charge in [-0.05, 0) is 56.9 Å². The average molecular weight is 344 g/mol. The van der Waals surface area contributed by atoms with Gasteiger partial charge in [0.2, 0.25) is 0 Å². The molecule has 3 rings (SSSR count). The van der Waals surface area contributed by atoms with Gasteiger partial charge < -0.3 is 14.5 Å². The molecule has 0 N–H and O–H groups in total. The zero-order chi connectivity index (χ0) is 17.8. The van der Waals surface area contributed by atoms with E-state index in [1.807, 2.05) is 9.80 Å². The van der Waals surface area contributed by atoms with Crippen molar-refractivity contribution in [2.24, 2.45) is 5.92 Å². The van der Waals surface area contributed by atoms with Crippen LogP contribution in [0.5, 0.6) is 5.75 Å². The maximum Gasteiger partial charge on any atom is 0.319 e. The highest BCUT2D eigenvalue weighted by Gasteiger charge is 2.31. The molecule has 6 heteroatoms. The van der Waals surface area contributed by atoms with Gasteiger partial charge in [-0.3, -0.25) is 9.59 Å². The summed E-state index contributed by atoms with van der Waals surface area (Å²) in [5.41, 5.74) is 0.591. The number of hydrogen-bond acceptors (Lipinski definition) is 4. The van der Waals surface area contributed by atoms with Crippen LogP contribution >= 0.6 is 0 Å². The molecule has 2 aliphatic rings. The van der Waals surface area contributed by atoms with Gasteiger partial charge in [0.1, 0.15) is 5.75 Å². The number of amides is 2. The van der Waals surface area contributed by atoms with Crippen molar-refractivity contribution in [1.82, 2.24) is 9.80 Å². The number of likely N-dealkylation sites (tertiary alicyclic amines) is 2. The smallest absolute Gasteiger partial charge is 0.319 e. The maximum absolute atomic E-state index is 12.4. The summed E-state index contributed by atoms with van der Waals surface area (Å²) in [6.07, 6.45) is 3.42. The van der Waals surface area contributed by atoms with Gasteiger partial charge in [0.15, 0.2) is 5.78 Å². The van der Waals surface area contributed by atoms with Crippen LogP contribution in [0.25, 0.3) is 0 Å². The molecule has 134 valence electrons. The molecule has 1 aromatic carbocycles. The van der Waals surface area contributed by atoms with Crippen molar-refractivity contribution in [1.29, 1.82) is 0 Å². The Morgan fingerprint density at radius 1 is 0.920 bits per heavy atom.